The number of nitrogens with one attached hydrogen (secondary N) is 1. The van der Waals surface area contributed by atoms with Crippen LogP contribution in [0.4, 0.5) is 0 Å². The second-order valence-electron chi connectivity index (χ2n) is 2.79. The van der Waals surface area contributed by atoms with Gasteiger partial charge in [-0.05, 0) is 24.3 Å². The average molecular weight is 213 g/mol. The second-order valence-corrected chi connectivity index (χ2v) is 5.19. The first-order valence-electron chi connectivity index (χ1n) is 4.07. The van der Waals surface area contributed by atoms with E-state index >= 15 is 0 Å². The van der Waals surface area contributed by atoms with Crippen molar-refractivity contribution in [2.24, 2.45) is 0 Å². The van der Waals surface area contributed by atoms with Crippen LogP contribution < -0.4 is 0 Å². The Morgan fingerprint density at radius 2 is 1.93 bits per heavy atom. The zero-order chi connectivity index (χ0) is 10.8. The van der Waals surface area contributed by atoms with Crippen LogP contribution in [0.5, 0.6) is 0 Å². The molecular formula is C9H11NO3S. The number of benzene rings is 1. The zero-order valence-corrected chi connectivity index (χ0v) is 8.50. The maximum absolute atomic E-state index is 11.6. The average Bonchev–Trinajstić information content (AvgIpc) is 2.18. The maximum atomic E-state index is 11.6. The number of hydrogen-bond donors (Lipinski definition) is 2. The van der Waals surface area contributed by atoms with Crippen molar-refractivity contribution in [3.05, 3.63) is 29.8 Å². The van der Waals surface area contributed by atoms with Crippen molar-refractivity contribution in [2.75, 3.05) is 5.75 Å². The summed E-state index contributed by atoms with van der Waals surface area (Å²) in [6.07, 6.45) is 0. The summed E-state index contributed by atoms with van der Waals surface area (Å²) in [5.41, 5.74) is 0.139. The minimum absolute atomic E-state index is 0.139. The lowest BCUT2D eigenvalue weighted by molar-refractivity contribution is 0.0697. The molecule has 1 aromatic rings. The fourth-order valence-electron chi connectivity index (χ4n) is 0.984. The summed E-state index contributed by atoms with van der Waals surface area (Å²) in [4.78, 5) is 10.9. The van der Waals surface area contributed by atoms with Crippen LogP contribution in [0, 0.1) is 4.78 Å². The fraction of sp³-hybridized carbons (Fsp3) is 0.222. The highest BCUT2D eigenvalue weighted by molar-refractivity contribution is 7.92. The largest absolute Gasteiger partial charge is 0.478 e. The van der Waals surface area contributed by atoms with Gasteiger partial charge in [0.25, 0.3) is 0 Å². The lowest BCUT2D eigenvalue weighted by atomic mass is 10.2. The monoisotopic (exact) mass is 213 g/mol. The topological polar surface area (TPSA) is 78.2 Å². The predicted molar refractivity (Wildman–Crippen MR) is 53.1 cm³/mol. The molecule has 0 saturated carbocycles. The molecule has 0 fully saturated rings. The van der Waals surface area contributed by atoms with Gasteiger partial charge in [0.1, 0.15) is 0 Å². The molecular weight excluding hydrogens is 202 g/mol. The van der Waals surface area contributed by atoms with E-state index in [1.807, 2.05) is 0 Å². The predicted octanol–water partition coefficient (Wildman–Crippen LogP) is 1.81. The van der Waals surface area contributed by atoms with E-state index < -0.39 is 15.7 Å². The SMILES string of the molecule is CC[S@](=N)(=O)c1ccc(C(=O)O)cc1. The quantitative estimate of drug-likeness (QED) is 0.803. The molecule has 0 aromatic heterocycles. The van der Waals surface area contributed by atoms with Crippen molar-refractivity contribution in [1.29, 1.82) is 4.78 Å². The summed E-state index contributed by atoms with van der Waals surface area (Å²) >= 11 is 0. The highest BCUT2D eigenvalue weighted by Crippen LogP contribution is 2.12. The fourth-order valence-corrected chi connectivity index (χ4v) is 1.89. The molecule has 0 aliphatic rings. The molecule has 1 atom stereocenters. The van der Waals surface area contributed by atoms with Crippen molar-refractivity contribution in [2.45, 2.75) is 11.8 Å². The number of hydrogen-bond acceptors (Lipinski definition) is 3. The lowest BCUT2D eigenvalue weighted by Gasteiger charge is -2.04. The van der Waals surface area contributed by atoms with Gasteiger partial charge in [0.05, 0.1) is 15.3 Å². The highest BCUT2D eigenvalue weighted by atomic mass is 32.2. The third-order valence-electron chi connectivity index (χ3n) is 1.89. The Labute approximate surface area is 82.6 Å². The summed E-state index contributed by atoms with van der Waals surface area (Å²) in [6.45, 7) is 1.67. The van der Waals surface area contributed by atoms with E-state index in [0.717, 1.165) is 0 Å². The molecule has 4 nitrogen and oxygen atoms in total. The summed E-state index contributed by atoms with van der Waals surface area (Å²) in [7, 11) is -2.73. The molecule has 0 aliphatic carbocycles. The Hall–Kier alpha value is -1.36. The first kappa shape index (κ1) is 10.7. The molecule has 14 heavy (non-hydrogen) atoms. The van der Waals surface area contributed by atoms with Gasteiger partial charge in [-0.1, -0.05) is 6.92 Å². The van der Waals surface area contributed by atoms with E-state index in [1.165, 1.54) is 24.3 Å². The van der Waals surface area contributed by atoms with Gasteiger partial charge in [-0.25, -0.2) is 13.8 Å². The highest BCUT2D eigenvalue weighted by Gasteiger charge is 2.08. The van der Waals surface area contributed by atoms with Crippen molar-refractivity contribution in [1.82, 2.24) is 0 Å². The first-order chi connectivity index (χ1) is 6.47. The zero-order valence-electron chi connectivity index (χ0n) is 7.69. The van der Waals surface area contributed by atoms with E-state index in [-0.39, 0.29) is 11.3 Å². The summed E-state index contributed by atoms with van der Waals surface area (Å²) in [5.74, 6) is -0.788. The number of aromatic carboxylic acids is 1. The van der Waals surface area contributed by atoms with Crippen LogP contribution in [0.1, 0.15) is 17.3 Å². The molecule has 0 spiro atoms. The Morgan fingerprint density at radius 3 is 2.29 bits per heavy atom. The van der Waals surface area contributed by atoms with Crippen LogP contribution in [-0.2, 0) is 9.73 Å². The van der Waals surface area contributed by atoms with Gasteiger partial charge >= 0.3 is 5.97 Å². The maximum Gasteiger partial charge on any atom is 0.335 e. The molecule has 0 heterocycles. The van der Waals surface area contributed by atoms with E-state index in [2.05, 4.69) is 0 Å². The van der Waals surface area contributed by atoms with Crippen LogP contribution in [0.2, 0.25) is 0 Å². The van der Waals surface area contributed by atoms with Crippen LogP contribution in [0.15, 0.2) is 29.2 Å². The Balaban J connectivity index is 3.12. The molecule has 76 valence electrons. The molecule has 0 amide bonds. The first-order valence-corrected chi connectivity index (χ1v) is 5.80. The van der Waals surface area contributed by atoms with Crippen LogP contribution >= 0.6 is 0 Å². The second kappa shape index (κ2) is 3.79. The minimum atomic E-state index is -2.73. The Morgan fingerprint density at radius 1 is 1.43 bits per heavy atom. The number of carboxylic acids is 1. The standard InChI is InChI=1S/C9H11NO3S/c1-2-14(10,13)8-5-3-7(4-6-8)9(11)12/h3-6,10H,2H2,1H3,(H,11,12)/t14-/m0/s1. The molecule has 1 rings (SSSR count). The van der Waals surface area contributed by atoms with Crippen molar-refractivity contribution in [3.63, 3.8) is 0 Å². The molecule has 0 saturated heterocycles. The van der Waals surface area contributed by atoms with Gasteiger partial charge in [-0.3, -0.25) is 0 Å². The van der Waals surface area contributed by atoms with Gasteiger partial charge < -0.3 is 5.11 Å². The smallest absolute Gasteiger partial charge is 0.335 e. The number of carbonyl (C=O) groups is 1. The normalized spacial score (nSPS) is 14.6. The minimum Gasteiger partial charge on any atom is -0.478 e. The summed E-state index contributed by atoms with van der Waals surface area (Å²) in [5, 5.41) is 8.62. The van der Waals surface area contributed by atoms with E-state index in [4.69, 9.17) is 9.89 Å². The number of rotatable bonds is 3. The molecule has 0 radical (unpaired) electrons. The van der Waals surface area contributed by atoms with Crippen LogP contribution in [0.25, 0.3) is 0 Å². The molecule has 0 unspecified atom stereocenters. The van der Waals surface area contributed by atoms with Gasteiger partial charge in [0.2, 0.25) is 0 Å². The van der Waals surface area contributed by atoms with E-state index in [1.54, 1.807) is 6.92 Å². The van der Waals surface area contributed by atoms with Crippen LogP contribution in [0.3, 0.4) is 0 Å². The molecule has 5 heteroatoms. The van der Waals surface area contributed by atoms with E-state index in [0.29, 0.717) is 4.90 Å². The van der Waals surface area contributed by atoms with Gasteiger partial charge in [0.15, 0.2) is 0 Å². The summed E-state index contributed by atoms with van der Waals surface area (Å²) in [6, 6.07) is 5.59. The third-order valence-corrected chi connectivity index (χ3v) is 3.74. The van der Waals surface area contributed by atoms with Crippen molar-refractivity contribution in [3.8, 4) is 0 Å². The Kier molecular flexibility index (Phi) is 2.90. The van der Waals surface area contributed by atoms with Gasteiger partial charge in [-0.15, -0.1) is 0 Å². The molecule has 0 aliphatic heterocycles. The van der Waals surface area contributed by atoms with Gasteiger partial charge in [0, 0.05) is 10.6 Å². The van der Waals surface area contributed by atoms with Crippen molar-refractivity contribution >= 4 is 15.7 Å². The summed E-state index contributed by atoms with van der Waals surface area (Å²) < 4.78 is 19.0. The third kappa shape index (κ3) is 2.11. The molecule has 2 N–H and O–H groups in total. The number of carboxylic acid groups (broad SMARTS) is 1. The Bertz CT molecular complexity index is 434. The van der Waals surface area contributed by atoms with Gasteiger partial charge in [-0.2, -0.15) is 0 Å². The van der Waals surface area contributed by atoms with E-state index in [9.17, 15) is 9.00 Å². The van der Waals surface area contributed by atoms with Crippen LogP contribution in [-0.4, -0.2) is 21.0 Å². The molecule has 0 bridgehead atoms. The lowest BCUT2D eigenvalue weighted by Crippen LogP contribution is -2.02. The molecule has 1 aromatic carbocycles. The van der Waals surface area contributed by atoms with Crippen molar-refractivity contribution < 1.29 is 14.1 Å².